The molecular formula is C19H19F3N2O3. The highest BCUT2D eigenvalue weighted by Gasteiger charge is 2.30. The number of alkyl halides is 3. The third-order valence-corrected chi connectivity index (χ3v) is 3.90. The Kier molecular flexibility index (Phi) is 6.44. The fourth-order valence-electron chi connectivity index (χ4n) is 2.51. The molecule has 3 N–H and O–H groups in total. The number of ether oxygens (including phenoxy) is 1. The molecule has 5 nitrogen and oxygen atoms in total. The van der Waals surface area contributed by atoms with Gasteiger partial charge in [0.2, 0.25) is 11.8 Å². The first kappa shape index (κ1) is 20.3. The van der Waals surface area contributed by atoms with Crippen LogP contribution in [0.15, 0.2) is 48.5 Å². The van der Waals surface area contributed by atoms with Crippen molar-refractivity contribution in [2.45, 2.75) is 25.1 Å². The van der Waals surface area contributed by atoms with Crippen LogP contribution in [0.2, 0.25) is 0 Å². The SMILES string of the molecule is COc1ccc(C[C@@H](NC(=O)Cc2cccc(C(F)(F)F)c2)C(N)=O)cc1. The molecular weight excluding hydrogens is 361 g/mol. The molecule has 2 aromatic carbocycles. The number of rotatable bonds is 7. The van der Waals surface area contributed by atoms with Crippen LogP contribution >= 0.6 is 0 Å². The zero-order valence-electron chi connectivity index (χ0n) is 14.5. The Balaban J connectivity index is 2.03. The predicted octanol–water partition coefficient (Wildman–Crippen LogP) is 2.47. The number of primary amides is 1. The molecule has 2 aromatic rings. The van der Waals surface area contributed by atoms with Gasteiger partial charge in [-0.1, -0.05) is 30.3 Å². The minimum absolute atomic E-state index is 0.160. The summed E-state index contributed by atoms with van der Waals surface area (Å²) in [6.07, 6.45) is -4.62. The molecule has 0 aliphatic heterocycles. The summed E-state index contributed by atoms with van der Waals surface area (Å²) in [5.41, 5.74) is 5.44. The molecule has 0 bridgehead atoms. The Labute approximate surface area is 154 Å². The molecule has 0 unspecified atom stereocenters. The lowest BCUT2D eigenvalue weighted by Crippen LogP contribution is -2.46. The van der Waals surface area contributed by atoms with Gasteiger partial charge < -0.3 is 15.8 Å². The second-order valence-corrected chi connectivity index (χ2v) is 5.95. The summed E-state index contributed by atoms with van der Waals surface area (Å²) in [6.45, 7) is 0. The Hall–Kier alpha value is -3.03. The van der Waals surface area contributed by atoms with Gasteiger partial charge in [-0.3, -0.25) is 9.59 Å². The summed E-state index contributed by atoms with van der Waals surface area (Å²) in [6, 6.07) is 10.4. The van der Waals surface area contributed by atoms with E-state index in [1.807, 2.05) is 0 Å². The van der Waals surface area contributed by atoms with Crippen LogP contribution in [0.25, 0.3) is 0 Å². The third kappa shape index (κ3) is 6.02. The standard InChI is InChI=1S/C19H19F3N2O3/c1-27-15-7-5-12(6-8-15)10-16(18(23)26)24-17(25)11-13-3-2-4-14(9-13)19(20,21)22/h2-9,16H,10-11H2,1H3,(H2,23,26)(H,24,25)/t16-/m1/s1. The van der Waals surface area contributed by atoms with Crippen LogP contribution in [0, 0.1) is 0 Å². The van der Waals surface area contributed by atoms with Crippen molar-refractivity contribution in [3.63, 3.8) is 0 Å². The number of nitrogens with one attached hydrogen (secondary N) is 1. The third-order valence-electron chi connectivity index (χ3n) is 3.90. The van der Waals surface area contributed by atoms with Crippen LogP contribution < -0.4 is 15.8 Å². The van der Waals surface area contributed by atoms with Crippen molar-refractivity contribution >= 4 is 11.8 Å². The highest BCUT2D eigenvalue weighted by atomic mass is 19.4. The molecule has 2 rings (SSSR count). The fourth-order valence-corrected chi connectivity index (χ4v) is 2.51. The van der Waals surface area contributed by atoms with E-state index in [1.54, 1.807) is 24.3 Å². The molecule has 8 heteroatoms. The molecule has 0 spiro atoms. The molecule has 0 aliphatic rings. The van der Waals surface area contributed by atoms with E-state index in [2.05, 4.69) is 5.32 Å². The zero-order valence-corrected chi connectivity index (χ0v) is 14.5. The van der Waals surface area contributed by atoms with Gasteiger partial charge in [0.15, 0.2) is 0 Å². The molecule has 1 atom stereocenters. The predicted molar refractivity (Wildman–Crippen MR) is 93.0 cm³/mol. The Morgan fingerprint density at radius 3 is 2.33 bits per heavy atom. The summed E-state index contributed by atoms with van der Waals surface area (Å²) in [4.78, 5) is 23.8. The minimum Gasteiger partial charge on any atom is -0.497 e. The lowest BCUT2D eigenvalue weighted by atomic mass is 10.0. The summed E-state index contributed by atoms with van der Waals surface area (Å²) in [7, 11) is 1.52. The van der Waals surface area contributed by atoms with Crippen LogP contribution in [0.1, 0.15) is 16.7 Å². The van der Waals surface area contributed by atoms with E-state index in [-0.39, 0.29) is 18.4 Å². The molecule has 0 aliphatic carbocycles. The number of halogens is 3. The zero-order chi connectivity index (χ0) is 20.0. The number of benzene rings is 2. The van der Waals surface area contributed by atoms with Gasteiger partial charge in [-0.05, 0) is 29.3 Å². The smallest absolute Gasteiger partial charge is 0.416 e. The van der Waals surface area contributed by atoms with E-state index >= 15 is 0 Å². The molecule has 2 amide bonds. The van der Waals surface area contributed by atoms with E-state index in [9.17, 15) is 22.8 Å². The van der Waals surface area contributed by atoms with Gasteiger partial charge in [-0.2, -0.15) is 13.2 Å². The van der Waals surface area contributed by atoms with Gasteiger partial charge in [-0.15, -0.1) is 0 Å². The van der Waals surface area contributed by atoms with Crippen molar-refractivity contribution in [3.05, 3.63) is 65.2 Å². The van der Waals surface area contributed by atoms with Gasteiger partial charge in [-0.25, -0.2) is 0 Å². The monoisotopic (exact) mass is 380 g/mol. The second-order valence-electron chi connectivity index (χ2n) is 5.95. The molecule has 0 saturated heterocycles. The largest absolute Gasteiger partial charge is 0.497 e. The maximum absolute atomic E-state index is 12.7. The average Bonchev–Trinajstić information content (AvgIpc) is 2.61. The molecule has 0 aromatic heterocycles. The molecule has 144 valence electrons. The molecule has 0 saturated carbocycles. The van der Waals surface area contributed by atoms with E-state index in [1.165, 1.54) is 19.2 Å². The Morgan fingerprint density at radius 1 is 1.11 bits per heavy atom. The molecule has 0 radical (unpaired) electrons. The fraction of sp³-hybridized carbons (Fsp3) is 0.263. The first-order valence-corrected chi connectivity index (χ1v) is 8.07. The van der Waals surface area contributed by atoms with Crippen LogP contribution in [0.3, 0.4) is 0 Å². The first-order chi connectivity index (χ1) is 12.7. The minimum atomic E-state index is -4.49. The lowest BCUT2D eigenvalue weighted by molar-refractivity contribution is -0.137. The van der Waals surface area contributed by atoms with Crippen molar-refractivity contribution < 1.29 is 27.5 Å². The lowest BCUT2D eigenvalue weighted by Gasteiger charge is -2.16. The Morgan fingerprint density at radius 2 is 1.78 bits per heavy atom. The average molecular weight is 380 g/mol. The maximum Gasteiger partial charge on any atom is 0.416 e. The van der Waals surface area contributed by atoms with E-state index in [0.29, 0.717) is 5.75 Å². The summed E-state index contributed by atoms with van der Waals surface area (Å²) < 4.78 is 43.3. The number of nitrogens with two attached hydrogens (primary N) is 1. The van der Waals surface area contributed by atoms with Gasteiger partial charge in [0.05, 0.1) is 19.1 Å². The quantitative estimate of drug-likeness (QED) is 0.774. The maximum atomic E-state index is 12.7. The van der Waals surface area contributed by atoms with Crippen LogP contribution in [-0.2, 0) is 28.6 Å². The van der Waals surface area contributed by atoms with Crippen molar-refractivity contribution in [3.8, 4) is 5.75 Å². The van der Waals surface area contributed by atoms with Crippen LogP contribution in [-0.4, -0.2) is 25.0 Å². The number of methoxy groups -OCH3 is 1. The highest BCUT2D eigenvalue weighted by Crippen LogP contribution is 2.29. The highest BCUT2D eigenvalue weighted by molar-refractivity contribution is 5.87. The molecule has 0 heterocycles. The van der Waals surface area contributed by atoms with Gasteiger partial charge in [0.1, 0.15) is 11.8 Å². The number of hydrogen-bond donors (Lipinski definition) is 2. The van der Waals surface area contributed by atoms with E-state index in [4.69, 9.17) is 10.5 Å². The number of carbonyl (C=O) groups is 2. The number of amides is 2. The van der Waals surface area contributed by atoms with Crippen molar-refractivity contribution in [1.82, 2.24) is 5.32 Å². The Bertz CT molecular complexity index is 805. The van der Waals surface area contributed by atoms with Gasteiger partial charge >= 0.3 is 6.18 Å². The summed E-state index contributed by atoms with van der Waals surface area (Å²) in [5, 5.41) is 2.47. The van der Waals surface area contributed by atoms with Gasteiger partial charge in [0, 0.05) is 6.42 Å². The van der Waals surface area contributed by atoms with Crippen LogP contribution in [0.5, 0.6) is 5.75 Å². The second kappa shape index (κ2) is 8.57. The van der Waals surface area contributed by atoms with E-state index in [0.717, 1.165) is 17.7 Å². The van der Waals surface area contributed by atoms with Gasteiger partial charge in [0.25, 0.3) is 0 Å². The normalized spacial score (nSPS) is 12.3. The molecule has 27 heavy (non-hydrogen) atoms. The van der Waals surface area contributed by atoms with Crippen molar-refractivity contribution in [2.24, 2.45) is 5.73 Å². The number of carbonyl (C=O) groups excluding carboxylic acids is 2. The van der Waals surface area contributed by atoms with Crippen LogP contribution in [0.4, 0.5) is 13.2 Å². The summed E-state index contributed by atoms with van der Waals surface area (Å²) >= 11 is 0. The van der Waals surface area contributed by atoms with Crippen molar-refractivity contribution in [2.75, 3.05) is 7.11 Å². The number of hydrogen-bond acceptors (Lipinski definition) is 3. The van der Waals surface area contributed by atoms with E-state index < -0.39 is 29.6 Å². The first-order valence-electron chi connectivity index (χ1n) is 8.07. The van der Waals surface area contributed by atoms with Crippen molar-refractivity contribution in [1.29, 1.82) is 0 Å². The summed E-state index contributed by atoms with van der Waals surface area (Å²) in [5.74, 6) is -0.683. The topological polar surface area (TPSA) is 81.4 Å². The molecule has 0 fully saturated rings.